The average molecular weight is 314 g/mol. The van der Waals surface area contributed by atoms with Gasteiger partial charge in [0.2, 0.25) is 0 Å². The Kier molecular flexibility index (Phi) is 5.79. The van der Waals surface area contributed by atoms with Crippen LogP contribution in [0.3, 0.4) is 0 Å². The van der Waals surface area contributed by atoms with Crippen LogP contribution in [-0.2, 0) is 10.1 Å². The van der Waals surface area contributed by atoms with E-state index in [4.69, 9.17) is 4.55 Å². The van der Waals surface area contributed by atoms with E-state index in [0.29, 0.717) is 5.69 Å². The zero-order valence-electron chi connectivity index (χ0n) is 11.4. The van der Waals surface area contributed by atoms with Crippen LogP contribution in [0, 0.1) is 23.0 Å². The van der Waals surface area contributed by atoms with Gasteiger partial charge in [-0.25, -0.2) is 0 Å². The first kappa shape index (κ1) is 17.1. The zero-order valence-corrected chi connectivity index (χ0v) is 12.2. The van der Waals surface area contributed by atoms with Crippen LogP contribution in [-0.4, -0.2) is 36.9 Å². The molecule has 8 nitrogen and oxygen atoms in total. The minimum absolute atomic E-state index is 0.0145. The Balaban J connectivity index is 2.61. The molecule has 1 aromatic rings. The third-order valence-corrected chi connectivity index (χ3v) is 3.38. The van der Waals surface area contributed by atoms with Gasteiger partial charge in [0.15, 0.2) is 0 Å². The predicted molar refractivity (Wildman–Crippen MR) is 79.9 cm³/mol. The lowest BCUT2D eigenvalue weighted by Gasteiger charge is -2.13. The van der Waals surface area contributed by atoms with Crippen molar-refractivity contribution in [3.05, 3.63) is 41.3 Å². The molecule has 1 N–H and O–H groups in total. The first-order chi connectivity index (χ1) is 9.69. The fourth-order valence-electron chi connectivity index (χ4n) is 1.43. The van der Waals surface area contributed by atoms with Crippen LogP contribution in [0.2, 0.25) is 0 Å². The third-order valence-electron chi connectivity index (χ3n) is 2.63. The van der Waals surface area contributed by atoms with Crippen LogP contribution in [0.5, 0.6) is 0 Å². The highest BCUT2D eigenvalue weighted by atomic mass is 32.2. The van der Waals surface area contributed by atoms with E-state index in [1.807, 2.05) is 0 Å². The maximum absolute atomic E-state index is 10.6. The summed E-state index contributed by atoms with van der Waals surface area (Å²) >= 11 is 0. The SMILES string of the molecule is [CH2]C(C=NN(C)c1ccc([N+](=O)[O-])cc1)CCS(=O)(=O)O. The van der Waals surface area contributed by atoms with E-state index in [-0.39, 0.29) is 23.8 Å². The number of nitro groups is 1. The molecule has 0 fully saturated rings. The van der Waals surface area contributed by atoms with Crippen molar-refractivity contribution in [1.82, 2.24) is 0 Å². The van der Waals surface area contributed by atoms with E-state index < -0.39 is 15.0 Å². The summed E-state index contributed by atoms with van der Waals surface area (Å²) in [6, 6.07) is 5.82. The maximum atomic E-state index is 10.6. The Bertz CT molecular complexity index is 612. The van der Waals surface area contributed by atoms with Crippen molar-refractivity contribution in [2.75, 3.05) is 17.8 Å². The molecule has 0 saturated carbocycles. The molecule has 0 aliphatic rings. The highest BCUT2D eigenvalue weighted by Gasteiger charge is 2.09. The second-order valence-electron chi connectivity index (χ2n) is 4.40. The Hall–Kier alpha value is -2.00. The molecule has 1 rings (SSSR count). The molecule has 0 bridgehead atoms. The van der Waals surface area contributed by atoms with Crippen LogP contribution in [0.25, 0.3) is 0 Å². The molecule has 1 radical (unpaired) electrons. The molecule has 0 aliphatic heterocycles. The summed E-state index contributed by atoms with van der Waals surface area (Å²) in [5, 5.41) is 16.1. The van der Waals surface area contributed by atoms with Crippen LogP contribution in [0.4, 0.5) is 11.4 Å². The lowest BCUT2D eigenvalue weighted by atomic mass is 10.1. The molecule has 21 heavy (non-hydrogen) atoms. The third kappa shape index (κ3) is 6.32. The number of hydrogen-bond acceptors (Lipinski definition) is 6. The van der Waals surface area contributed by atoms with Crippen molar-refractivity contribution in [3.8, 4) is 0 Å². The van der Waals surface area contributed by atoms with Gasteiger partial charge in [0.1, 0.15) is 0 Å². The summed E-state index contributed by atoms with van der Waals surface area (Å²) in [4.78, 5) is 10.0. The highest BCUT2D eigenvalue weighted by molar-refractivity contribution is 7.85. The smallest absolute Gasteiger partial charge is 0.269 e. The number of hydrazone groups is 1. The van der Waals surface area contributed by atoms with Gasteiger partial charge in [-0.2, -0.15) is 13.5 Å². The number of hydrogen-bond donors (Lipinski definition) is 1. The van der Waals surface area contributed by atoms with Gasteiger partial charge in [0, 0.05) is 25.4 Å². The van der Waals surface area contributed by atoms with Crippen molar-refractivity contribution in [2.45, 2.75) is 6.42 Å². The summed E-state index contributed by atoms with van der Waals surface area (Å²) in [7, 11) is -2.36. The first-order valence-electron chi connectivity index (χ1n) is 5.99. The summed E-state index contributed by atoms with van der Waals surface area (Å²) in [5.74, 6) is -0.763. The van der Waals surface area contributed by atoms with E-state index >= 15 is 0 Å². The number of benzene rings is 1. The number of nitrogens with zero attached hydrogens (tertiary/aromatic N) is 3. The molecule has 0 amide bonds. The van der Waals surface area contributed by atoms with Crippen LogP contribution < -0.4 is 5.01 Å². The van der Waals surface area contributed by atoms with E-state index in [2.05, 4.69) is 12.0 Å². The molecule has 0 heterocycles. The average Bonchev–Trinajstić information content (AvgIpc) is 2.41. The van der Waals surface area contributed by atoms with Gasteiger partial charge in [-0.05, 0) is 31.4 Å². The first-order valence-corrected chi connectivity index (χ1v) is 7.60. The molecule has 1 atom stereocenters. The standard InChI is InChI=1S/C12H16N3O5S/c1-10(7-8-21(18,19)20)9-13-14(2)11-3-5-12(6-4-11)15(16)17/h3-6,9-10H,1,7-8H2,2H3,(H,18,19,20). The van der Waals surface area contributed by atoms with Gasteiger partial charge >= 0.3 is 0 Å². The monoisotopic (exact) mass is 314 g/mol. The predicted octanol–water partition coefficient (Wildman–Crippen LogP) is 1.74. The highest BCUT2D eigenvalue weighted by Crippen LogP contribution is 2.18. The summed E-state index contributed by atoms with van der Waals surface area (Å²) in [5.41, 5.74) is 0.623. The maximum Gasteiger partial charge on any atom is 0.269 e. The molecular formula is C12H16N3O5S. The molecule has 9 heteroatoms. The van der Waals surface area contributed by atoms with E-state index in [0.717, 1.165) is 0 Å². The lowest BCUT2D eigenvalue weighted by Crippen LogP contribution is -2.13. The molecule has 0 aliphatic carbocycles. The van der Waals surface area contributed by atoms with Gasteiger partial charge < -0.3 is 0 Å². The molecule has 1 aromatic carbocycles. The zero-order chi connectivity index (χ0) is 16.0. The van der Waals surface area contributed by atoms with Crippen molar-refractivity contribution in [3.63, 3.8) is 0 Å². The van der Waals surface area contributed by atoms with Crippen molar-refractivity contribution in [1.29, 1.82) is 0 Å². The van der Waals surface area contributed by atoms with Gasteiger partial charge in [-0.1, -0.05) is 0 Å². The lowest BCUT2D eigenvalue weighted by molar-refractivity contribution is -0.384. The Morgan fingerprint density at radius 2 is 2.05 bits per heavy atom. The Morgan fingerprint density at radius 1 is 1.48 bits per heavy atom. The fourth-order valence-corrected chi connectivity index (χ4v) is 2.03. The summed E-state index contributed by atoms with van der Waals surface area (Å²) in [6.07, 6.45) is 1.60. The number of nitro benzene ring substituents is 1. The van der Waals surface area contributed by atoms with Crippen molar-refractivity contribution in [2.24, 2.45) is 11.0 Å². The normalized spacial score (nSPS) is 13.3. The molecule has 1 unspecified atom stereocenters. The molecule has 0 spiro atoms. The molecule has 115 valence electrons. The van der Waals surface area contributed by atoms with Crippen LogP contribution >= 0.6 is 0 Å². The fraction of sp³-hybridized carbons (Fsp3) is 0.333. The number of anilines is 1. The molecular weight excluding hydrogens is 298 g/mol. The topological polar surface area (TPSA) is 113 Å². The minimum atomic E-state index is -4.00. The molecule has 0 aromatic heterocycles. The van der Waals surface area contributed by atoms with Crippen LogP contribution in [0.15, 0.2) is 29.4 Å². The Morgan fingerprint density at radius 3 is 2.52 bits per heavy atom. The number of rotatable bonds is 7. The van der Waals surface area contributed by atoms with E-state index in [9.17, 15) is 18.5 Å². The van der Waals surface area contributed by atoms with Gasteiger partial charge in [0.05, 0.1) is 16.4 Å². The second kappa shape index (κ2) is 7.14. The minimum Gasteiger partial charge on any atom is -0.286 e. The van der Waals surface area contributed by atoms with E-state index in [1.165, 1.54) is 23.4 Å². The number of non-ortho nitro benzene ring substituents is 1. The van der Waals surface area contributed by atoms with Crippen LogP contribution in [0.1, 0.15) is 6.42 Å². The van der Waals surface area contributed by atoms with Gasteiger partial charge in [-0.3, -0.25) is 19.7 Å². The largest absolute Gasteiger partial charge is 0.286 e. The second-order valence-corrected chi connectivity index (χ2v) is 5.97. The van der Waals surface area contributed by atoms with Crippen molar-refractivity contribution < 1.29 is 17.9 Å². The van der Waals surface area contributed by atoms with Gasteiger partial charge in [-0.15, -0.1) is 0 Å². The van der Waals surface area contributed by atoms with E-state index in [1.54, 1.807) is 19.2 Å². The quantitative estimate of drug-likeness (QED) is 0.355. The summed E-state index contributed by atoms with van der Waals surface area (Å²) in [6.45, 7) is 3.70. The van der Waals surface area contributed by atoms with Crippen molar-refractivity contribution >= 4 is 27.7 Å². The Labute approximate surface area is 123 Å². The van der Waals surface area contributed by atoms with Gasteiger partial charge in [0.25, 0.3) is 15.8 Å². The molecule has 0 saturated heterocycles. The summed E-state index contributed by atoms with van der Waals surface area (Å²) < 4.78 is 29.8.